The van der Waals surface area contributed by atoms with Gasteiger partial charge in [0.1, 0.15) is 11.6 Å². The first kappa shape index (κ1) is 12.5. The lowest BCUT2D eigenvalue weighted by atomic mass is 9.77. The third-order valence-corrected chi connectivity index (χ3v) is 4.00. The van der Waals surface area contributed by atoms with Gasteiger partial charge < -0.3 is 5.11 Å². The maximum atomic E-state index is 13.6. The van der Waals surface area contributed by atoms with Crippen molar-refractivity contribution in [2.75, 3.05) is 0 Å². The molecule has 1 nitrogen and oxygen atoms in total. The highest BCUT2D eigenvalue weighted by atomic mass is 19.1. The van der Waals surface area contributed by atoms with Crippen molar-refractivity contribution >= 4 is 0 Å². The Morgan fingerprint density at radius 2 is 2.06 bits per heavy atom. The third kappa shape index (κ3) is 2.34. The molecular weight excluding hydrogens is 222 g/mol. The topological polar surface area (TPSA) is 20.2 Å². The van der Waals surface area contributed by atoms with Gasteiger partial charge in [0.05, 0.1) is 6.10 Å². The van der Waals surface area contributed by atoms with Crippen LogP contribution >= 0.6 is 0 Å². The largest absolute Gasteiger partial charge is 0.388 e. The highest BCUT2D eigenvalue weighted by Crippen LogP contribution is 2.48. The van der Waals surface area contributed by atoms with Crippen molar-refractivity contribution in [2.45, 2.75) is 39.2 Å². The standard InChI is InChI=1S/C14H18F2O/c1-14(2)7-3-4-11(14)13(17)10-6-5-9(15)8-12(10)16/h5-6,8,11,13,17H,3-4,7H2,1-2H3. The first-order valence-corrected chi connectivity index (χ1v) is 6.05. The molecule has 0 heterocycles. The Morgan fingerprint density at radius 1 is 1.35 bits per heavy atom. The highest BCUT2D eigenvalue weighted by molar-refractivity contribution is 5.22. The zero-order valence-corrected chi connectivity index (χ0v) is 10.2. The van der Waals surface area contributed by atoms with Gasteiger partial charge >= 0.3 is 0 Å². The van der Waals surface area contributed by atoms with Gasteiger partial charge in [0, 0.05) is 11.6 Å². The number of hydrogen-bond acceptors (Lipinski definition) is 1. The Morgan fingerprint density at radius 3 is 2.59 bits per heavy atom. The minimum atomic E-state index is -0.840. The minimum Gasteiger partial charge on any atom is -0.388 e. The maximum absolute atomic E-state index is 13.6. The molecule has 0 amide bonds. The van der Waals surface area contributed by atoms with Gasteiger partial charge in [-0.3, -0.25) is 0 Å². The number of rotatable bonds is 2. The third-order valence-electron chi connectivity index (χ3n) is 4.00. The van der Waals surface area contributed by atoms with Crippen molar-refractivity contribution in [2.24, 2.45) is 11.3 Å². The van der Waals surface area contributed by atoms with Gasteiger partial charge in [-0.25, -0.2) is 8.78 Å². The molecule has 2 unspecified atom stereocenters. The molecule has 1 aliphatic carbocycles. The van der Waals surface area contributed by atoms with Gasteiger partial charge in [0.15, 0.2) is 0 Å². The first-order valence-electron chi connectivity index (χ1n) is 6.05. The lowest BCUT2D eigenvalue weighted by molar-refractivity contribution is 0.0504. The smallest absolute Gasteiger partial charge is 0.131 e. The van der Waals surface area contributed by atoms with Crippen LogP contribution in [0.3, 0.4) is 0 Å². The molecular formula is C14H18F2O. The minimum absolute atomic E-state index is 0.0141. The number of hydrogen-bond donors (Lipinski definition) is 1. The molecule has 1 aromatic carbocycles. The summed E-state index contributed by atoms with van der Waals surface area (Å²) in [7, 11) is 0. The summed E-state index contributed by atoms with van der Waals surface area (Å²) < 4.78 is 26.4. The molecule has 1 fully saturated rings. The fourth-order valence-corrected chi connectivity index (χ4v) is 2.90. The molecule has 1 N–H and O–H groups in total. The first-order chi connectivity index (χ1) is 7.92. The van der Waals surface area contributed by atoms with E-state index < -0.39 is 17.7 Å². The molecule has 0 aliphatic heterocycles. The number of halogens is 2. The summed E-state index contributed by atoms with van der Waals surface area (Å²) >= 11 is 0. The molecule has 0 aromatic heterocycles. The lowest BCUT2D eigenvalue weighted by Gasteiger charge is -2.31. The van der Waals surface area contributed by atoms with E-state index in [0.29, 0.717) is 0 Å². The van der Waals surface area contributed by atoms with Crippen LogP contribution in [0.4, 0.5) is 8.78 Å². The van der Waals surface area contributed by atoms with Crippen LogP contribution < -0.4 is 0 Å². The van der Waals surface area contributed by atoms with Crippen LogP contribution in [0.1, 0.15) is 44.8 Å². The Balaban J connectivity index is 2.28. The second-order valence-corrected chi connectivity index (χ2v) is 5.60. The van der Waals surface area contributed by atoms with Crippen molar-refractivity contribution in [3.05, 3.63) is 35.4 Å². The summed E-state index contributed by atoms with van der Waals surface area (Å²) in [4.78, 5) is 0. The zero-order chi connectivity index (χ0) is 12.6. The quantitative estimate of drug-likeness (QED) is 0.833. The summed E-state index contributed by atoms with van der Waals surface area (Å²) in [5, 5.41) is 10.3. The van der Waals surface area contributed by atoms with Crippen LogP contribution in [0.5, 0.6) is 0 Å². The van der Waals surface area contributed by atoms with E-state index >= 15 is 0 Å². The van der Waals surface area contributed by atoms with Crippen molar-refractivity contribution in [1.29, 1.82) is 0 Å². The predicted octanol–water partition coefficient (Wildman–Crippen LogP) is 3.82. The molecule has 0 spiro atoms. The normalized spacial score (nSPS) is 24.9. The summed E-state index contributed by atoms with van der Waals surface area (Å²) in [5.74, 6) is -1.22. The molecule has 2 atom stereocenters. The predicted molar refractivity (Wildman–Crippen MR) is 62.4 cm³/mol. The molecule has 0 bridgehead atoms. The average Bonchev–Trinajstić information content (AvgIpc) is 2.57. The Bertz CT molecular complexity index is 415. The van der Waals surface area contributed by atoms with E-state index in [4.69, 9.17) is 0 Å². The lowest BCUT2D eigenvalue weighted by Crippen LogP contribution is -2.24. The Kier molecular flexibility index (Phi) is 3.21. The molecule has 1 aliphatic rings. The van der Waals surface area contributed by atoms with Crippen LogP contribution in [0.15, 0.2) is 18.2 Å². The number of aliphatic hydroxyl groups excluding tert-OH is 1. The molecule has 2 rings (SSSR count). The van der Waals surface area contributed by atoms with E-state index in [0.717, 1.165) is 25.3 Å². The summed E-state index contributed by atoms with van der Waals surface area (Å²) in [6.45, 7) is 4.19. The number of aliphatic hydroxyl groups is 1. The van der Waals surface area contributed by atoms with Gasteiger partial charge in [0.25, 0.3) is 0 Å². The van der Waals surface area contributed by atoms with Gasteiger partial charge in [-0.2, -0.15) is 0 Å². The van der Waals surface area contributed by atoms with Crippen molar-refractivity contribution in [1.82, 2.24) is 0 Å². The van der Waals surface area contributed by atoms with Crippen LogP contribution in [0, 0.1) is 23.0 Å². The van der Waals surface area contributed by atoms with Gasteiger partial charge in [-0.15, -0.1) is 0 Å². The fourth-order valence-electron chi connectivity index (χ4n) is 2.90. The molecule has 0 saturated heterocycles. The SMILES string of the molecule is CC1(C)CCCC1C(O)c1ccc(F)cc1F. The van der Waals surface area contributed by atoms with Crippen LogP contribution in [-0.4, -0.2) is 5.11 Å². The summed E-state index contributed by atoms with van der Waals surface area (Å²) in [6.07, 6.45) is 2.15. The van der Waals surface area contributed by atoms with Crippen LogP contribution in [0.2, 0.25) is 0 Å². The molecule has 3 heteroatoms. The van der Waals surface area contributed by atoms with Gasteiger partial charge in [-0.05, 0) is 30.2 Å². The summed E-state index contributed by atoms with van der Waals surface area (Å²) in [5.41, 5.74) is 0.228. The van der Waals surface area contributed by atoms with Crippen LogP contribution in [-0.2, 0) is 0 Å². The second-order valence-electron chi connectivity index (χ2n) is 5.60. The van der Waals surface area contributed by atoms with E-state index in [1.165, 1.54) is 12.1 Å². The summed E-state index contributed by atoms with van der Waals surface area (Å²) in [6, 6.07) is 3.38. The Hall–Kier alpha value is -0.960. The zero-order valence-electron chi connectivity index (χ0n) is 10.2. The molecule has 1 aromatic rings. The van der Waals surface area contributed by atoms with Crippen molar-refractivity contribution in [3.8, 4) is 0 Å². The average molecular weight is 240 g/mol. The van der Waals surface area contributed by atoms with Gasteiger partial charge in [0.2, 0.25) is 0 Å². The van der Waals surface area contributed by atoms with E-state index in [2.05, 4.69) is 13.8 Å². The Labute approximate surface area is 100 Å². The highest BCUT2D eigenvalue weighted by Gasteiger charge is 2.40. The maximum Gasteiger partial charge on any atom is 0.131 e. The molecule has 17 heavy (non-hydrogen) atoms. The molecule has 0 radical (unpaired) electrons. The number of benzene rings is 1. The fraction of sp³-hybridized carbons (Fsp3) is 0.571. The van der Waals surface area contributed by atoms with E-state index in [9.17, 15) is 13.9 Å². The van der Waals surface area contributed by atoms with Gasteiger partial charge in [-0.1, -0.05) is 26.3 Å². The van der Waals surface area contributed by atoms with E-state index in [1.807, 2.05) is 0 Å². The molecule has 94 valence electrons. The van der Waals surface area contributed by atoms with Crippen molar-refractivity contribution < 1.29 is 13.9 Å². The second kappa shape index (κ2) is 4.37. The van der Waals surface area contributed by atoms with Crippen molar-refractivity contribution in [3.63, 3.8) is 0 Å². The van der Waals surface area contributed by atoms with E-state index in [1.54, 1.807) is 0 Å². The van der Waals surface area contributed by atoms with Crippen LogP contribution in [0.25, 0.3) is 0 Å². The molecule has 1 saturated carbocycles. The monoisotopic (exact) mass is 240 g/mol. The van der Waals surface area contributed by atoms with E-state index in [-0.39, 0.29) is 16.9 Å².